The van der Waals surface area contributed by atoms with E-state index < -0.39 is 18.8 Å². The summed E-state index contributed by atoms with van der Waals surface area (Å²) in [5, 5.41) is 20.7. The Balaban J connectivity index is 2.11. The molecule has 0 saturated heterocycles. The lowest BCUT2D eigenvalue weighted by atomic mass is 9.79. The van der Waals surface area contributed by atoms with Crippen molar-refractivity contribution in [3.63, 3.8) is 0 Å². The number of carbonyl (C=O) groups is 1. The Labute approximate surface area is 122 Å². The van der Waals surface area contributed by atoms with E-state index in [1.165, 1.54) is 6.07 Å². The molecule has 0 aromatic heterocycles. The van der Waals surface area contributed by atoms with Gasteiger partial charge in [-0.15, -0.1) is 0 Å². The molecule has 0 aliphatic rings. The summed E-state index contributed by atoms with van der Waals surface area (Å²) < 4.78 is 13.6. The Hall–Kier alpha value is -2.18. The predicted molar refractivity (Wildman–Crippen MR) is 78.6 cm³/mol. The molecular formula is C15H15BFNO3. The van der Waals surface area contributed by atoms with Crippen LogP contribution in [0.25, 0.3) is 0 Å². The van der Waals surface area contributed by atoms with E-state index in [4.69, 9.17) is 10.0 Å². The first-order valence-corrected chi connectivity index (χ1v) is 6.46. The van der Waals surface area contributed by atoms with Crippen LogP contribution >= 0.6 is 0 Å². The van der Waals surface area contributed by atoms with Gasteiger partial charge in [-0.25, -0.2) is 4.39 Å². The van der Waals surface area contributed by atoms with Crippen molar-refractivity contribution >= 4 is 18.5 Å². The van der Waals surface area contributed by atoms with E-state index in [2.05, 4.69) is 5.32 Å². The maximum absolute atomic E-state index is 13.6. The molecule has 1 amide bonds. The fourth-order valence-electron chi connectivity index (χ4n) is 1.98. The maximum Gasteiger partial charge on any atom is 0.488 e. The molecule has 0 unspecified atom stereocenters. The van der Waals surface area contributed by atoms with Crippen LogP contribution in [0.5, 0.6) is 0 Å². The van der Waals surface area contributed by atoms with Gasteiger partial charge in [-0.2, -0.15) is 0 Å². The highest BCUT2D eigenvalue weighted by Crippen LogP contribution is 2.07. The second-order valence-electron chi connectivity index (χ2n) is 4.78. The van der Waals surface area contributed by atoms with Gasteiger partial charge in [-0.3, -0.25) is 4.79 Å². The largest absolute Gasteiger partial charge is 0.488 e. The standard InChI is InChI=1S/C15H15BFNO3/c1-10-3-2-4-11(7-10)9-18-15(19)13-8-12(16(20)21)5-6-14(13)17/h2-8,20-21H,9H2,1H3,(H,18,19). The minimum absolute atomic E-state index is 0.0668. The van der Waals surface area contributed by atoms with Crippen LogP contribution in [-0.2, 0) is 6.54 Å². The Kier molecular flexibility index (Phi) is 4.72. The number of benzene rings is 2. The molecule has 0 atom stereocenters. The number of hydrogen-bond donors (Lipinski definition) is 3. The molecule has 4 nitrogen and oxygen atoms in total. The Morgan fingerprint density at radius 2 is 2.00 bits per heavy atom. The normalized spacial score (nSPS) is 10.3. The molecule has 0 saturated carbocycles. The lowest BCUT2D eigenvalue weighted by Crippen LogP contribution is -2.32. The van der Waals surface area contributed by atoms with E-state index in [1.54, 1.807) is 0 Å². The van der Waals surface area contributed by atoms with Gasteiger partial charge in [-0.05, 0) is 30.1 Å². The van der Waals surface area contributed by atoms with Crippen molar-refractivity contribution in [2.45, 2.75) is 13.5 Å². The molecule has 0 radical (unpaired) electrons. The Morgan fingerprint density at radius 3 is 2.67 bits per heavy atom. The van der Waals surface area contributed by atoms with Gasteiger partial charge in [0.25, 0.3) is 5.91 Å². The van der Waals surface area contributed by atoms with Crippen molar-refractivity contribution in [3.05, 3.63) is 65.0 Å². The topological polar surface area (TPSA) is 69.6 Å². The minimum atomic E-state index is -1.74. The monoisotopic (exact) mass is 287 g/mol. The molecule has 0 bridgehead atoms. The van der Waals surface area contributed by atoms with Crippen molar-refractivity contribution in [2.24, 2.45) is 0 Å². The molecule has 2 aromatic rings. The zero-order valence-corrected chi connectivity index (χ0v) is 11.5. The molecular weight excluding hydrogens is 272 g/mol. The van der Waals surface area contributed by atoms with Crippen LogP contribution in [0.3, 0.4) is 0 Å². The van der Waals surface area contributed by atoms with Gasteiger partial charge in [0.1, 0.15) is 5.82 Å². The fourth-order valence-corrected chi connectivity index (χ4v) is 1.98. The first-order chi connectivity index (χ1) is 9.97. The van der Waals surface area contributed by atoms with Gasteiger partial charge in [-0.1, -0.05) is 35.9 Å². The SMILES string of the molecule is Cc1cccc(CNC(=O)c2cc(B(O)O)ccc2F)c1. The summed E-state index contributed by atoms with van der Waals surface area (Å²) in [5.74, 6) is -1.31. The number of halogens is 1. The number of aryl methyl sites for hydroxylation is 1. The summed E-state index contributed by atoms with van der Waals surface area (Å²) in [6.07, 6.45) is 0. The third-order valence-corrected chi connectivity index (χ3v) is 3.07. The van der Waals surface area contributed by atoms with Crippen molar-refractivity contribution in [1.82, 2.24) is 5.32 Å². The first-order valence-electron chi connectivity index (χ1n) is 6.46. The van der Waals surface area contributed by atoms with Crippen molar-refractivity contribution in [2.75, 3.05) is 0 Å². The summed E-state index contributed by atoms with van der Waals surface area (Å²) in [6.45, 7) is 2.21. The molecule has 108 valence electrons. The molecule has 2 aromatic carbocycles. The highest BCUT2D eigenvalue weighted by Gasteiger charge is 2.17. The van der Waals surface area contributed by atoms with Crippen LogP contribution < -0.4 is 10.8 Å². The molecule has 2 rings (SSSR count). The number of nitrogens with one attached hydrogen (secondary N) is 1. The van der Waals surface area contributed by atoms with Gasteiger partial charge < -0.3 is 15.4 Å². The molecule has 21 heavy (non-hydrogen) atoms. The van der Waals surface area contributed by atoms with Crippen LogP contribution in [0, 0.1) is 12.7 Å². The molecule has 0 fully saturated rings. The van der Waals surface area contributed by atoms with Crippen molar-refractivity contribution < 1.29 is 19.2 Å². The highest BCUT2D eigenvalue weighted by molar-refractivity contribution is 6.58. The first kappa shape index (κ1) is 15.2. The average Bonchev–Trinajstić information content (AvgIpc) is 2.45. The fraction of sp³-hybridized carbons (Fsp3) is 0.133. The Morgan fingerprint density at radius 1 is 1.24 bits per heavy atom. The molecule has 6 heteroatoms. The van der Waals surface area contributed by atoms with Gasteiger partial charge in [0, 0.05) is 6.54 Å². The third-order valence-electron chi connectivity index (χ3n) is 3.07. The maximum atomic E-state index is 13.6. The molecule has 0 spiro atoms. The van der Waals surface area contributed by atoms with Crippen LogP contribution in [-0.4, -0.2) is 23.1 Å². The summed E-state index contributed by atoms with van der Waals surface area (Å²) in [6, 6.07) is 11.0. The molecule has 0 aliphatic carbocycles. The van der Waals surface area contributed by atoms with E-state index >= 15 is 0 Å². The van der Waals surface area contributed by atoms with Crippen LogP contribution in [0.15, 0.2) is 42.5 Å². The number of amides is 1. The lowest BCUT2D eigenvalue weighted by molar-refractivity contribution is 0.0947. The second kappa shape index (κ2) is 6.52. The van der Waals surface area contributed by atoms with Crippen LogP contribution in [0.2, 0.25) is 0 Å². The van der Waals surface area contributed by atoms with Crippen LogP contribution in [0.1, 0.15) is 21.5 Å². The van der Waals surface area contributed by atoms with Gasteiger partial charge >= 0.3 is 7.12 Å². The van der Waals surface area contributed by atoms with E-state index in [0.29, 0.717) is 0 Å². The summed E-state index contributed by atoms with van der Waals surface area (Å²) >= 11 is 0. The highest BCUT2D eigenvalue weighted by atomic mass is 19.1. The summed E-state index contributed by atoms with van der Waals surface area (Å²) in [7, 11) is -1.74. The average molecular weight is 287 g/mol. The zero-order valence-electron chi connectivity index (χ0n) is 11.5. The van der Waals surface area contributed by atoms with E-state index in [-0.39, 0.29) is 17.6 Å². The van der Waals surface area contributed by atoms with Crippen molar-refractivity contribution in [3.8, 4) is 0 Å². The predicted octanol–water partition coefficient (Wildman–Crippen LogP) is 0.744. The van der Waals surface area contributed by atoms with E-state index in [0.717, 1.165) is 23.3 Å². The number of rotatable bonds is 4. The molecule has 0 heterocycles. The molecule has 0 aliphatic heterocycles. The number of hydrogen-bond acceptors (Lipinski definition) is 3. The van der Waals surface area contributed by atoms with Gasteiger partial charge in [0.15, 0.2) is 0 Å². The van der Waals surface area contributed by atoms with E-state index in [9.17, 15) is 9.18 Å². The van der Waals surface area contributed by atoms with Gasteiger partial charge in [0.05, 0.1) is 5.56 Å². The third kappa shape index (κ3) is 3.90. The van der Waals surface area contributed by atoms with E-state index in [1.807, 2.05) is 31.2 Å². The smallest absolute Gasteiger partial charge is 0.423 e. The lowest BCUT2D eigenvalue weighted by Gasteiger charge is -2.08. The summed E-state index contributed by atoms with van der Waals surface area (Å²) in [5.41, 5.74) is 1.82. The Bertz CT molecular complexity index is 661. The summed E-state index contributed by atoms with van der Waals surface area (Å²) in [4.78, 5) is 12.0. The number of carbonyl (C=O) groups excluding carboxylic acids is 1. The molecule has 3 N–H and O–H groups in total. The minimum Gasteiger partial charge on any atom is -0.423 e. The second-order valence-corrected chi connectivity index (χ2v) is 4.78. The zero-order chi connectivity index (χ0) is 15.4. The van der Waals surface area contributed by atoms with Gasteiger partial charge in [0.2, 0.25) is 0 Å². The quantitative estimate of drug-likeness (QED) is 0.727. The van der Waals surface area contributed by atoms with Crippen LogP contribution in [0.4, 0.5) is 4.39 Å². The van der Waals surface area contributed by atoms with Crippen molar-refractivity contribution in [1.29, 1.82) is 0 Å².